The molecule has 1 aliphatic carbocycles. The van der Waals surface area contributed by atoms with Gasteiger partial charge in [-0.2, -0.15) is 5.10 Å². The van der Waals surface area contributed by atoms with E-state index in [-0.39, 0.29) is 36.2 Å². The summed E-state index contributed by atoms with van der Waals surface area (Å²) in [6.45, 7) is 8.25. The van der Waals surface area contributed by atoms with Gasteiger partial charge in [0.25, 0.3) is 0 Å². The van der Waals surface area contributed by atoms with Crippen molar-refractivity contribution in [2.24, 2.45) is 0 Å². The van der Waals surface area contributed by atoms with Crippen molar-refractivity contribution in [2.75, 3.05) is 13.7 Å². The molecule has 150 valence electrons. The normalized spacial score (nSPS) is 23.2. The van der Waals surface area contributed by atoms with Crippen LogP contribution in [0.5, 0.6) is 5.75 Å². The van der Waals surface area contributed by atoms with Crippen LogP contribution in [0.15, 0.2) is 24.3 Å². The van der Waals surface area contributed by atoms with E-state index in [4.69, 9.17) is 14.5 Å². The van der Waals surface area contributed by atoms with Crippen molar-refractivity contribution < 1.29 is 14.3 Å². The molecule has 2 atom stereocenters. The Kier molecular flexibility index (Phi) is 4.65. The summed E-state index contributed by atoms with van der Waals surface area (Å²) in [4.78, 5) is 19.5. The Hall–Kier alpha value is -2.41. The van der Waals surface area contributed by atoms with Gasteiger partial charge in [0.05, 0.1) is 18.7 Å². The second kappa shape index (κ2) is 6.88. The summed E-state index contributed by atoms with van der Waals surface area (Å²) in [7, 11) is 1.65. The third kappa shape index (κ3) is 3.39. The predicted molar refractivity (Wildman–Crippen MR) is 104 cm³/mol. The summed E-state index contributed by atoms with van der Waals surface area (Å²) in [5, 5.41) is 4.62. The van der Waals surface area contributed by atoms with Crippen molar-refractivity contribution in [1.82, 2.24) is 19.7 Å². The summed E-state index contributed by atoms with van der Waals surface area (Å²) >= 11 is 0. The van der Waals surface area contributed by atoms with Gasteiger partial charge in [0.15, 0.2) is 5.82 Å². The van der Waals surface area contributed by atoms with Gasteiger partial charge in [-0.1, -0.05) is 12.1 Å². The summed E-state index contributed by atoms with van der Waals surface area (Å²) in [5.74, 6) is 2.30. The molecule has 2 heterocycles. The van der Waals surface area contributed by atoms with Crippen LogP contribution in [0.1, 0.15) is 63.0 Å². The number of methoxy groups -OCH3 is 1. The average molecular weight is 384 g/mol. The van der Waals surface area contributed by atoms with E-state index < -0.39 is 0 Å². The monoisotopic (exact) mass is 384 g/mol. The van der Waals surface area contributed by atoms with Crippen LogP contribution in [0.25, 0.3) is 0 Å². The highest BCUT2D eigenvalue weighted by molar-refractivity contribution is 5.79. The molecule has 2 fully saturated rings. The van der Waals surface area contributed by atoms with Crippen LogP contribution in [-0.4, -0.2) is 45.3 Å². The Balaban J connectivity index is 1.81. The molecule has 1 saturated carbocycles. The smallest absolute Gasteiger partial charge is 0.249 e. The number of morpholine rings is 1. The summed E-state index contributed by atoms with van der Waals surface area (Å²) in [6, 6.07) is 7.92. The predicted octanol–water partition coefficient (Wildman–Crippen LogP) is 3.15. The minimum Gasteiger partial charge on any atom is -0.497 e. The number of hydrogen-bond donors (Lipinski definition) is 0. The molecule has 1 aliphatic heterocycles. The fourth-order valence-corrected chi connectivity index (χ4v) is 3.87. The van der Waals surface area contributed by atoms with Crippen LogP contribution in [-0.2, 0) is 15.1 Å². The molecule has 1 amide bonds. The highest BCUT2D eigenvalue weighted by Gasteiger charge is 2.47. The first kappa shape index (κ1) is 18.9. The molecule has 1 aromatic carbocycles. The number of aryl methyl sites for hydroxylation is 1. The summed E-state index contributed by atoms with van der Waals surface area (Å²) < 4.78 is 13.4. The lowest BCUT2D eigenvalue weighted by Gasteiger charge is -2.41. The van der Waals surface area contributed by atoms with E-state index in [1.54, 1.807) is 7.11 Å². The summed E-state index contributed by atoms with van der Waals surface area (Å²) in [5.41, 5.74) is 0.780. The Morgan fingerprint density at radius 1 is 1.18 bits per heavy atom. The number of hydrogen-bond acceptors (Lipinski definition) is 5. The van der Waals surface area contributed by atoms with E-state index in [1.165, 1.54) is 0 Å². The number of benzene rings is 1. The zero-order chi connectivity index (χ0) is 20.1. The maximum absolute atomic E-state index is 12.8. The first-order valence-corrected chi connectivity index (χ1v) is 9.80. The Labute approximate surface area is 165 Å². The van der Waals surface area contributed by atoms with Crippen LogP contribution in [0.4, 0.5) is 0 Å². The minimum atomic E-state index is -0.368. The minimum absolute atomic E-state index is 0.0399. The lowest BCUT2D eigenvalue weighted by Crippen LogP contribution is -2.47. The van der Waals surface area contributed by atoms with E-state index in [9.17, 15) is 4.79 Å². The van der Waals surface area contributed by atoms with E-state index in [1.807, 2.05) is 40.8 Å². The van der Waals surface area contributed by atoms with Crippen molar-refractivity contribution >= 4 is 5.91 Å². The maximum atomic E-state index is 12.8. The molecule has 2 aliphatic rings. The number of nitrogens with zero attached hydrogens (tertiary/aromatic N) is 4. The van der Waals surface area contributed by atoms with Crippen LogP contribution in [0.3, 0.4) is 0 Å². The van der Waals surface area contributed by atoms with Gasteiger partial charge in [0.1, 0.15) is 24.3 Å². The third-order valence-corrected chi connectivity index (χ3v) is 5.29. The van der Waals surface area contributed by atoms with Gasteiger partial charge in [-0.25, -0.2) is 9.67 Å². The first-order chi connectivity index (χ1) is 13.3. The lowest BCUT2D eigenvalue weighted by molar-refractivity contribution is -0.160. The van der Waals surface area contributed by atoms with Crippen LogP contribution in [0, 0.1) is 6.92 Å². The molecule has 0 N–H and O–H groups in total. The molecule has 0 radical (unpaired) electrons. The highest BCUT2D eigenvalue weighted by atomic mass is 16.5. The van der Waals surface area contributed by atoms with Crippen LogP contribution >= 0.6 is 0 Å². The van der Waals surface area contributed by atoms with E-state index in [2.05, 4.69) is 25.9 Å². The molecule has 7 nitrogen and oxygen atoms in total. The molecule has 0 bridgehead atoms. The number of aromatic nitrogens is 3. The molecule has 0 spiro atoms. The first-order valence-electron chi connectivity index (χ1n) is 9.80. The van der Waals surface area contributed by atoms with Crippen molar-refractivity contribution in [3.05, 3.63) is 41.5 Å². The largest absolute Gasteiger partial charge is 0.497 e. The van der Waals surface area contributed by atoms with E-state index in [0.29, 0.717) is 5.82 Å². The molecule has 1 aromatic heterocycles. The van der Waals surface area contributed by atoms with Crippen molar-refractivity contribution in [3.8, 4) is 5.75 Å². The molecule has 4 rings (SSSR count). The van der Waals surface area contributed by atoms with Crippen molar-refractivity contribution in [3.63, 3.8) is 0 Å². The summed E-state index contributed by atoms with van der Waals surface area (Å²) in [6.07, 6.45) is 1.71. The topological polar surface area (TPSA) is 69.5 Å². The van der Waals surface area contributed by atoms with Crippen molar-refractivity contribution in [2.45, 2.75) is 64.3 Å². The van der Waals surface area contributed by atoms with Crippen LogP contribution in [0.2, 0.25) is 0 Å². The Morgan fingerprint density at radius 2 is 1.86 bits per heavy atom. The molecule has 1 saturated heterocycles. The molecule has 0 unspecified atom stereocenters. The Morgan fingerprint density at radius 3 is 2.43 bits per heavy atom. The maximum Gasteiger partial charge on any atom is 0.249 e. The number of amides is 1. The lowest BCUT2D eigenvalue weighted by atomic mass is 9.96. The second-order valence-corrected chi connectivity index (χ2v) is 8.58. The van der Waals surface area contributed by atoms with Gasteiger partial charge in [0.2, 0.25) is 5.91 Å². The second-order valence-electron chi connectivity index (χ2n) is 8.58. The van der Waals surface area contributed by atoms with Gasteiger partial charge >= 0.3 is 0 Å². The Bertz CT molecular complexity index is 865. The van der Waals surface area contributed by atoms with Gasteiger partial charge < -0.3 is 14.4 Å². The molecule has 28 heavy (non-hydrogen) atoms. The van der Waals surface area contributed by atoms with Gasteiger partial charge in [-0.3, -0.25) is 4.79 Å². The zero-order valence-electron chi connectivity index (χ0n) is 17.2. The number of carbonyl (C=O) groups is 1. The third-order valence-electron chi connectivity index (χ3n) is 5.29. The average Bonchev–Trinajstić information content (AvgIpc) is 3.41. The fourth-order valence-electron chi connectivity index (χ4n) is 3.87. The number of ether oxygens (including phenoxy) is 2. The fraction of sp³-hybridized carbons (Fsp3) is 0.571. The van der Waals surface area contributed by atoms with E-state index >= 15 is 0 Å². The van der Waals surface area contributed by atoms with Gasteiger partial charge in [-0.15, -0.1) is 0 Å². The number of carbonyl (C=O) groups excluding carboxylic acids is 1. The SMILES string of the molecule is COc1ccc([C@@H]2[C@@H](c3nc(C)nn3C(C)(C)C)OCC(=O)N2C2CC2)cc1. The zero-order valence-corrected chi connectivity index (χ0v) is 17.2. The molecular formula is C21H28N4O3. The molecular weight excluding hydrogens is 356 g/mol. The van der Waals surface area contributed by atoms with Crippen LogP contribution < -0.4 is 4.74 Å². The van der Waals surface area contributed by atoms with Crippen molar-refractivity contribution in [1.29, 1.82) is 0 Å². The highest BCUT2D eigenvalue weighted by Crippen LogP contribution is 2.45. The quantitative estimate of drug-likeness (QED) is 0.810. The van der Waals surface area contributed by atoms with E-state index in [0.717, 1.165) is 30.0 Å². The molecule has 7 heteroatoms. The van der Waals surface area contributed by atoms with Gasteiger partial charge in [-0.05, 0) is 58.2 Å². The molecule has 2 aromatic rings. The standard InChI is InChI=1S/C21H28N4O3/c1-13-22-20(25(23-13)21(2,3)4)19-18(14-6-10-16(27-5)11-7-14)24(15-8-9-15)17(26)12-28-19/h6-7,10-11,15,18-19H,8-9,12H2,1-5H3/t18-,19+/m1/s1. The van der Waals surface area contributed by atoms with Gasteiger partial charge in [0, 0.05) is 6.04 Å². The number of rotatable bonds is 4.